The monoisotopic (exact) mass is 442 g/mol. The topological polar surface area (TPSA) is 117 Å². The first-order valence-electron chi connectivity index (χ1n) is 8.05. The van der Waals surface area contributed by atoms with Crippen LogP contribution in [-0.2, 0) is 9.53 Å². The number of nitrogens with zero attached hydrogens (tertiary/aromatic N) is 1. The van der Waals surface area contributed by atoms with Crippen LogP contribution < -0.4 is 14.8 Å². The smallest absolute Gasteiger partial charge is 0.346 e. The van der Waals surface area contributed by atoms with Gasteiger partial charge in [0, 0.05) is 11.1 Å². The highest BCUT2D eigenvalue weighted by Gasteiger charge is 2.28. The summed E-state index contributed by atoms with van der Waals surface area (Å²) in [6.07, 6.45) is -1.28. The fraction of sp³-hybridized carbons (Fsp3) is 0.222. The molecular weight excluding hydrogens is 427 g/mol. The van der Waals surface area contributed by atoms with Gasteiger partial charge in [0.2, 0.25) is 0 Å². The van der Waals surface area contributed by atoms with Crippen molar-refractivity contribution in [3.63, 3.8) is 0 Å². The Balaban J connectivity index is 2.22. The van der Waals surface area contributed by atoms with Gasteiger partial charge in [-0.25, -0.2) is 4.79 Å². The minimum absolute atomic E-state index is 0.0684. The van der Waals surface area contributed by atoms with Crippen LogP contribution in [0.25, 0.3) is 0 Å². The quantitative estimate of drug-likeness (QED) is 0.389. The summed E-state index contributed by atoms with van der Waals surface area (Å²) in [5.74, 6) is -1.61. The van der Waals surface area contributed by atoms with Crippen molar-refractivity contribution in [2.24, 2.45) is 0 Å². The van der Waals surface area contributed by atoms with Gasteiger partial charge >= 0.3 is 5.97 Å². The zero-order valence-electron chi connectivity index (χ0n) is 15.5. The third kappa shape index (κ3) is 5.27. The van der Waals surface area contributed by atoms with Crippen molar-refractivity contribution in [3.8, 4) is 11.5 Å². The van der Waals surface area contributed by atoms with E-state index in [1.807, 2.05) is 0 Å². The molecule has 0 saturated heterocycles. The number of nitro benzene ring substituents is 1. The molecule has 0 aliphatic heterocycles. The van der Waals surface area contributed by atoms with Crippen LogP contribution in [0.3, 0.4) is 0 Å². The average Bonchev–Trinajstić information content (AvgIpc) is 2.68. The van der Waals surface area contributed by atoms with E-state index in [2.05, 4.69) is 5.32 Å². The standard InChI is InChI=1S/C18H16Cl2N2O7/c1-9(17(23)21-13-5-4-10(19)6-12(13)20)29-18(24)11-7-15(27-2)16(28-3)8-14(11)22(25)26/h4-9H,1-3H3,(H,21,23). The maximum atomic E-state index is 12.5. The van der Waals surface area contributed by atoms with E-state index in [-0.39, 0.29) is 22.2 Å². The zero-order valence-corrected chi connectivity index (χ0v) is 17.0. The lowest BCUT2D eigenvalue weighted by Crippen LogP contribution is -2.30. The van der Waals surface area contributed by atoms with Gasteiger partial charge < -0.3 is 19.5 Å². The molecule has 0 bridgehead atoms. The minimum atomic E-state index is -1.28. The highest BCUT2D eigenvalue weighted by Crippen LogP contribution is 2.35. The van der Waals surface area contributed by atoms with Gasteiger partial charge in [0.15, 0.2) is 17.6 Å². The lowest BCUT2D eigenvalue weighted by molar-refractivity contribution is -0.385. The largest absolute Gasteiger partial charge is 0.493 e. The van der Waals surface area contributed by atoms with Gasteiger partial charge in [0.1, 0.15) is 5.56 Å². The molecule has 0 fully saturated rings. The molecule has 1 atom stereocenters. The SMILES string of the molecule is COc1cc(C(=O)OC(C)C(=O)Nc2ccc(Cl)cc2Cl)c([N+](=O)[O-])cc1OC. The van der Waals surface area contributed by atoms with Crippen LogP contribution in [0.2, 0.25) is 10.0 Å². The number of nitro groups is 1. The molecule has 2 rings (SSSR count). The summed E-state index contributed by atoms with van der Waals surface area (Å²) >= 11 is 11.8. The van der Waals surface area contributed by atoms with E-state index >= 15 is 0 Å². The number of ether oxygens (including phenoxy) is 3. The number of halogens is 2. The minimum Gasteiger partial charge on any atom is -0.493 e. The molecule has 2 aromatic rings. The summed E-state index contributed by atoms with van der Waals surface area (Å²) in [5, 5.41) is 14.4. The Labute approximate surface area is 175 Å². The van der Waals surface area contributed by atoms with Crippen molar-refractivity contribution in [2.75, 3.05) is 19.5 Å². The number of rotatable bonds is 7. The highest BCUT2D eigenvalue weighted by molar-refractivity contribution is 6.36. The fourth-order valence-corrected chi connectivity index (χ4v) is 2.74. The lowest BCUT2D eigenvalue weighted by Gasteiger charge is -2.15. The van der Waals surface area contributed by atoms with Crippen LogP contribution in [0, 0.1) is 10.1 Å². The first kappa shape index (κ1) is 22.3. The Morgan fingerprint density at radius 1 is 1.10 bits per heavy atom. The van der Waals surface area contributed by atoms with Crippen molar-refractivity contribution in [1.29, 1.82) is 0 Å². The van der Waals surface area contributed by atoms with Gasteiger partial charge in [-0.05, 0) is 25.1 Å². The number of anilines is 1. The third-order valence-corrected chi connectivity index (χ3v) is 4.31. The molecule has 2 aromatic carbocycles. The zero-order chi connectivity index (χ0) is 21.7. The maximum Gasteiger partial charge on any atom is 0.346 e. The molecule has 29 heavy (non-hydrogen) atoms. The van der Waals surface area contributed by atoms with Crippen molar-refractivity contribution >= 4 is 46.5 Å². The number of carbonyl (C=O) groups is 2. The molecule has 11 heteroatoms. The highest BCUT2D eigenvalue weighted by atomic mass is 35.5. The number of esters is 1. The average molecular weight is 443 g/mol. The molecule has 9 nitrogen and oxygen atoms in total. The number of benzene rings is 2. The molecule has 1 N–H and O–H groups in total. The molecule has 1 unspecified atom stereocenters. The first-order valence-corrected chi connectivity index (χ1v) is 8.80. The van der Waals surface area contributed by atoms with Gasteiger partial charge in [-0.1, -0.05) is 23.2 Å². The Bertz CT molecular complexity index is 965. The lowest BCUT2D eigenvalue weighted by atomic mass is 10.1. The van der Waals surface area contributed by atoms with Gasteiger partial charge in [0.05, 0.1) is 35.9 Å². The Kier molecular flexibility index (Phi) is 7.24. The van der Waals surface area contributed by atoms with Crippen molar-refractivity contribution in [2.45, 2.75) is 13.0 Å². The molecule has 1 amide bonds. The molecule has 0 aliphatic carbocycles. The summed E-state index contributed by atoms with van der Waals surface area (Å²) in [6.45, 7) is 1.31. The molecule has 0 radical (unpaired) electrons. The molecule has 0 spiro atoms. The van der Waals surface area contributed by atoms with Crippen LogP contribution in [0.1, 0.15) is 17.3 Å². The second-order valence-corrected chi connectivity index (χ2v) is 6.49. The van der Waals surface area contributed by atoms with Crippen LogP contribution in [0.4, 0.5) is 11.4 Å². The van der Waals surface area contributed by atoms with Crippen molar-refractivity contribution < 1.29 is 28.7 Å². The number of methoxy groups -OCH3 is 2. The summed E-state index contributed by atoms with van der Waals surface area (Å²) in [6, 6.07) is 6.58. The van der Waals surface area contributed by atoms with E-state index < -0.39 is 34.2 Å². The second kappa shape index (κ2) is 9.44. The predicted octanol–water partition coefficient (Wildman–Crippen LogP) is 4.10. The van der Waals surface area contributed by atoms with Crippen LogP contribution in [-0.4, -0.2) is 37.1 Å². The van der Waals surface area contributed by atoms with E-state index in [0.717, 1.165) is 12.1 Å². The van der Waals surface area contributed by atoms with Gasteiger partial charge in [-0.2, -0.15) is 0 Å². The Hall–Kier alpha value is -3.04. The molecule has 0 saturated carbocycles. The number of carbonyl (C=O) groups excluding carboxylic acids is 2. The molecule has 0 aliphatic rings. The van der Waals surface area contributed by atoms with E-state index in [1.165, 1.54) is 39.3 Å². The predicted molar refractivity (Wildman–Crippen MR) is 106 cm³/mol. The summed E-state index contributed by atoms with van der Waals surface area (Å²) in [7, 11) is 2.61. The van der Waals surface area contributed by atoms with E-state index in [9.17, 15) is 19.7 Å². The van der Waals surface area contributed by atoms with Crippen LogP contribution in [0.5, 0.6) is 11.5 Å². The number of hydrogen-bond acceptors (Lipinski definition) is 7. The van der Waals surface area contributed by atoms with Crippen LogP contribution >= 0.6 is 23.2 Å². The van der Waals surface area contributed by atoms with Crippen LogP contribution in [0.15, 0.2) is 30.3 Å². The number of amides is 1. The normalized spacial score (nSPS) is 11.3. The first-order chi connectivity index (χ1) is 13.7. The van der Waals surface area contributed by atoms with Gasteiger partial charge in [-0.3, -0.25) is 14.9 Å². The molecular formula is C18H16Cl2N2O7. The number of nitrogens with one attached hydrogen (secondary N) is 1. The molecule has 0 heterocycles. The van der Waals surface area contributed by atoms with Crippen molar-refractivity contribution in [1.82, 2.24) is 0 Å². The maximum absolute atomic E-state index is 12.5. The summed E-state index contributed by atoms with van der Waals surface area (Å²) in [5.41, 5.74) is -0.682. The number of hydrogen-bond donors (Lipinski definition) is 1. The molecule has 154 valence electrons. The van der Waals surface area contributed by atoms with Crippen molar-refractivity contribution in [3.05, 3.63) is 56.1 Å². The van der Waals surface area contributed by atoms with E-state index in [0.29, 0.717) is 5.02 Å². The van der Waals surface area contributed by atoms with E-state index in [1.54, 1.807) is 0 Å². The Morgan fingerprint density at radius 3 is 2.28 bits per heavy atom. The summed E-state index contributed by atoms with van der Waals surface area (Å²) < 4.78 is 15.1. The third-order valence-electron chi connectivity index (χ3n) is 3.76. The second-order valence-electron chi connectivity index (χ2n) is 5.64. The van der Waals surface area contributed by atoms with Gasteiger partial charge in [-0.15, -0.1) is 0 Å². The van der Waals surface area contributed by atoms with E-state index in [4.69, 9.17) is 37.4 Å². The molecule has 0 aromatic heterocycles. The summed E-state index contributed by atoms with van der Waals surface area (Å²) in [4.78, 5) is 35.3. The van der Waals surface area contributed by atoms with Gasteiger partial charge in [0.25, 0.3) is 11.6 Å². The Morgan fingerprint density at radius 2 is 1.72 bits per heavy atom. The fourth-order valence-electron chi connectivity index (χ4n) is 2.29.